The molecule has 1 unspecified atom stereocenters. The minimum absolute atomic E-state index is 0.509. The van der Waals surface area contributed by atoms with Crippen molar-refractivity contribution < 1.29 is 0 Å². The van der Waals surface area contributed by atoms with Gasteiger partial charge in [0.1, 0.15) is 0 Å². The van der Waals surface area contributed by atoms with E-state index in [1.54, 1.807) is 0 Å². The van der Waals surface area contributed by atoms with Gasteiger partial charge in [-0.3, -0.25) is 0 Å². The van der Waals surface area contributed by atoms with E-state index in [0.717, 1.165) is 31.0 Å². The Labute approximate surface area is 98.1 Å². The molecule has 1 N–H and O–H groups in total. The van der Waals surface area contributed by atoms with Crippen molar-refractivity contribution in [3.63, 3.8) is 0 Å². The van der Waals surface area contributed by atoms with Crippen molar-refractivity contribution in [3.05, 3.63) is 18.0 Å². The number of anilines is 1. The summed E-state index contributed by atoms with van der Waals surface area (Å²) in [4.78, 5) is 10.7. The molecule has 0 fully saturated rings. The molecule has 0 aliphatic carbocycles. The molecule has 0 saturated carbocycles. The Hall–Kier alpha value is -1.16. The predicted molar refractivity (Wildman–Crippen MR) is 67.8 cm³/mol. The van der Waals surface area contributed by atoms with Gasteiger partial charge >= 0.3 is 0 Å². The quantitative estimate of drug-likeness (QED) is 0.791. The molecule has 0 aliphatic rings. The predicted octanol–water partition coefficient (Wildman–Crippen LogP) is 1.47. The Balaban J connectivity index is 2.68. The summed E-state index contributed by atoms with van der Waals surface area (Å²) in [6.07, 6.45) is 3.92. The third-order valence-electron chi connectivity index (χ3n) is 2.54. The molecule has 0 bridgehead atoms. The summed E-state index contributed by atoms with van der Waals surface area (Å²) < 4.78 is 0. The molecule has 1 atom stereocenters. The summed E-state index contributed by atoms with van der Waals surface area (Å²) in [5.74, 6) is 0.781. The lowest BCUT2D eigenvalue weighted by molar-refractivity contribution is 0.505. The van der Waals surface area contributed by atoms with Gasteiger partial charge in [0.25, 0.3) is 0 Å². The third kappa shape index (κ3) is 3.77. The molecule has 0 aliphatic heterocycles. The average molecular weight is 222 g/mol. The van der Waals surface area contributed by atoms with Crippen molar-refractivity contribution in [3.8, 4) is 0 Å². The molecule has 1 aromatic rings. The van der Waals surface area contributed by atoms with Crippen LogP contribution >= 0.6 is 0 Å². The molecule has 16 heavy (non-hydrogen) atoms. The lowest BCUT2D eigenvalue weighted by atomic mass is 10.1. The lowest BCUT2D eigenvalue weighted by Gasteiger charge is -2.16. The zero-order valence-electron chi connectivity index (χ0n) is 10.7. The van der Waals surface area contributed by atoms with Crippen molar-refractivity contribution in [2.45, 2.75) is 32.7 Å². The van der Waals surface area contributed by atoms with Crippen molar-refractivity contribution in [2.75, 3.05) is 25.5 Å². The molecule has 0 spiro atoms. The Bertz CT molecular complexity index is 312. The Morgan fingerprint density at radius 2 is 2.12 bits per heavy atom. The van der Waals surface area contributed by atoms with Crippen molar-refractivity contribution in [1.29, 1.82) is 0 Å². The highest BCUT2D eigenvalue weighted by atomic mass is 15.2. The summed E-state index contributed by atoms with van der Waals surface area (Å²) in [6, 6.07) is 2.50. The van der Waals surface area contributed by atoms with Crippen molar-refractivity contribution in [1.82, 2.24) is 15.3 Å². The molecule has 0 amide bonds. The zero-order chi connectivity index (χ0) is 12.0. The second-order valence-corrected chi connectivity index (χ2v) is 4.11. The Morgan fingerprint density at radius 3 is 2.69 bits per heavy atom. The number of likely N-dealkylation sites (N-methyl/N-ethyl adjacent to an activating group) is 1. The van der Waals surface area contributed by atoms with Crippen LogP contribution in [0, 0.1) is 0 Å². The monoisotopic (exact) mass is 222 g/mol. The van der Waals surface area contributed by atoms with E-state index in [4.69, 9.17) is 0 Å². The number of hydrogen-bond donors (Lipinski definition) is 1. The maximum absolute atomic E-state index is 4.52. The Kier molecular flexibility index (Phi) is 5.19. The van der Waals surface area contributed by atoms with Crippen LogP contribution in [-0.4, -0.2) is 36.6 Å². The maximum Gasteiger partial charge on any atom is 0.224 e. The fraction of sp³-hybridized carbons (Fsp3) is 0.667. The molecular formula is C12H22N4. The molecule has 0 radical (unpaired) electrons. The molecule has 0 aromatic carbocycles. The van der Waals surface area contributed by atoms with Crippen LogP contribution in [0.3, 0.4) is 0 Å². The van der Waals surface area contributed by atoms with Crippen LogP contribution in [0.25, 0.3) is 0 Å². The number of nitrogens with one attached hydrogen (secondary N) is 1. The first kappa shape index (κ1) is 12.9. The lowest BCUT2D eigenvalue weighted by Crippen LogP contribution is -2.30. The van der Waals surface area contributed by atoms with Crippen LogP contribution in [0.2, 0.25) is 0 Å². The largest absolute Gasteiger partial charge is 0.347 e. The molecule has 1 aromatic heterocycles. The standard InChI is InChI=1S/C12H22N4/c1-5-10(13-6-2)9-11-7-8-14-12(15-11)16(3)4/h7-8,10,13H,5-6,9H2,1-4H3. The first-order valence-electron chi connectivity index (χ1n) is 5.90. The SMILES string of the molecule is CCNC(CC)Cc1ccnc(N(C)C)n1. The van der Waals surface area contributed by atoms with Gasteiger partial charge in [0.2, 0.25) is 5.95 Å². The van der Waals surface area contributed by atoms with Crippen LogP contribution in [0.4, 0.5) is 5.95 Å². The summed E-state index contributed by atoms with van der Waals surface area (Å²) in [5.41, 5.74) is 1.10. The van der Waals surface area contributed by atoms with E-state index in [1.165, 1.54) is 0 Å². The third-order valence-corrected chi connectivity index (χ3v) is 2.54. The van der Waals surface area contributed by atoms with Crippen LogP contribution in [0.1, 0.15) is 26.0 Å². The van der Waals surface area contributed by atoms with Crippen LogP contribution < -0.4 is 10.2 Å². The second kappa shape index (κ2) is 6.43. The molecule has 1 heterocycles. The number of hydrogen-bond acceptors (Lipinski definition) is 4. The van der Waals surface area contributed by atoms with Crippen molar-refractivity contribution in [2.24, 2.45) is 0 Å². The van der Waals surface area contributed by atoms with Crippen LogP contribution in [0.15, 0.2) is 12.3 Å². The zero-order valence-corrected chi connectivity index (χ0v) is 10.7. The van der Waals surface area contributed by atoms with Gasteiger partial charge in [-0.1, -0.05) is 13.8 Å². The summed E-state index contributed by atoms with van der Waals surface area (Å²) >= 11 is 0. The molecule has 1 rings (SSSR count). The molecule has 4 heteroatoms. The van der Waals surface area contributed by atoms with E-state index in [2.05, 4.69) is 29.1 Å². The minimum Gasteiger partial charge on any atom is -0.347 e. The van der Waals surface area contributed by atoms with Gasteiger partial charge in [0.05, 0.1) is 0 Å². The fourth-order valence-electron chi connectivity index (χ4n) is 1.62. The normalized spacial score (nSPS) is 12.5. The van der Waals surface area contributed by atoms with Gasteiger partial charge in [0.15, 0.2) is 0 Å². The maximum atomic E-state index is 4.52. The van der Waals surface area contributed by atoms with Gasteiger partial charge in [-0.2, -0.15) is 0 Å². The second-order valence-electron chi connectivity index (χ2n) is 4.11. The van der Waals surface area contributed by atoms with Crippen LogP contribution in [0.5, 0.6) is 0 Å². The Morgan fingerprint density at radius 1 is 1.38 bits per heavy atom. The van der Waals surface area contributed by atoms with E-state index in [1.807, 2.05) is 31.3 Å². The molecule has 0 saturated heterocycles. The molecule has 90 valence electrons. The molecular weight excluding hydrogens is 200 g/mol. The summed E-state index contributed by atoms with van der Waals surface area (Å²) in [7, 11) is 3.92. The van der Waals surface area contributed by atoms with Crippen molar-refractivity contribution >= 4 is 5.95 Å². The highest BCUT2D eigenvalue weighted by Gasteiger charge is 2.08. The topological polar surface area (TPSA) is 41.1 Å². The van der Waals surface area contributed by atoms with E-state index in [0.29, 0.717) is 6.04 Å². The minimum atomic E-state index is 0.509. The number of nitrogens with zero attached hydrogens (tertiary/aromatic N) is 3. The van der Waals surface area contributed by atoms with Gasteiger partial charge < -0.3 is 10.2 Å². The van der Waals surface area contributed by atoms with E-state index >= 15 is 0 Å². The summed E-state index contributed by atoms with van der Waals surface area (Å²) in [5, 5.41) is 3.46. The fourth-order valence-corrected chi connectivity index (χ4v) is 1.62. The first-order chi connectivity index (χ1) is 7.67. The highest BCUT2D eigenvalue weighted by molar-refractivity contribution is 5.27. The van der Waals surface area contributed by atoms with Gasteiger partial charge in [-0.05, 0) is 19.0 Å². The number of aromatic nitrogens is 2. The first-order valence-corrected chi connectivity index (χ1v) is 5.90. The number of rotatable bonds is 6. The van der Waals surface area contributed by atoms with E-state index in [9.17, 15) is 0 Å². The van der Waals surface area contributed by atoms with E-state index in [-0.39, 0.29) is 0 Å². The van der Waals surface area contributed by atoms with Gasteiger partial charge in [-0.25, -0.2) is 9.97 Å². The average Bonchev–Trinajstić information content (AvgIpc) is 2.29. The smallest absolute Gasteiger partial charge is 0.224 e. The van der Waals surface area contributed by atoms with Crippen LogP contribution in [-0.2, 0) is 6.42 Å². The highest BCUT2D eigenvalue weighted by Crippen LogP contribution is 2.07. The summed E-state index contributed by atoms with van der Waals surface area (Å²) in [6.45, 7) is 5.33. The van der Waals surface area contributed by atoms with E-state index < -0.39 is 0 Å². The van der Waals surface area contributed by atoms with Gasteiger partial charge in [0, 0.05) is 38.4 Å². The molecule has 4 nitrogen and oxygen atoms in total. The van der Waals surface area contributed by atoms with Gasteiger partial charge in [-0.15, -0.1) is 0 Å².